The summed E-state index contributed by atoms with van der Waals surface area (Å²) in [6.07, 6.45) is 0.375. The molecule has 0 aromatic heterocycles. The Kier molecular flexibility index (Phi) is 7.83. The summed E-state index contributed by atoms with van der Waals surface area (Å²) in [4.78, 5) is 29.2. The van der Waals surface area contributed by atoms with Crippen LogP contribution in [0.3, 0.4) is 0 Å². The standard InChI is InChI=1S/C27H30FN3O2/c1-5-26(32)29-24-14-15-25(30(3)4)22(17-24)18-31(19(2)20-10-7-6-8-11-20)27(33)21-12-9-13-23(28)16-21/h6-17,19H,5,18H2,1-4H3,(H,29,32)/t19-/m0/s1. The molecule has 3 rings (SSSR count). The van der Waals surface area contributed by atoms with Crippen LogP contribution in [0.25, 0.3) is 0 Å². The van der Waals surface area contributed by atoms with Gasteiger partial charge in [-0.2, -0.15) is 0 Å². The van der Waals surface area contributed by atoms with E-state index in [0.29, 0.717) is 17.7 Å². The van der Waals surface area contributed by atoms with Gasteiger partial charge in [-0.1, -0.05) is 43.3 Å². The lowest BCUT2D eigenvalue weighted by Gasteiger charge is -2.31. The van der Waals surface area contributed by atoms with Gasteiger partial charge in [-0.25, -0.2) is 4.39 Å². The van der Waals surface area contributed by atoms with Gasteiger partial charge in [-0.3, -0.25) is 9.59 Å². The summed E-state index contributed by atoms with van der Waals surface area (Å²) < 4.78 is 13.9. The van der Waals surface area contributed by atoms with E-state index in [0.717, 1.165) is 16.8 Å². The summed E-state index contributed by atoms with van der Waals surface area (Å²) in [7, 11) is 3.87. The lowest BCUT2D eigenvalue weighted by atomic mass is 10.0. The van der Waals surface area contributed by atoms with Crippen LogP contribution in [-0.2, 0) is 11.3 Å². The molecule has 0 bridgehead atoms. The minimum atomic E-state index is -0.452. The average molecular weight is 448 g/mol. The van der Waals surface area contributed by atoms with Crippen molar-refractivity contribution >= 4 is 23.2 Å². The molecule has 0 aliphatic heterocycles. The SMILES string of the molecule is CCC(=O)Nc1ccc(N(C)C)c(CN(C(=O)c2cccc(F)c2)[C@@H](C)c2ccccc2)c1. The zero-order valence-electron chi connectivity index (χ0n) is 19.5. The van der Waals surface area contributed by atoms with E-state index in [4.69, 9.17) is 0 Å². The van der Waals surface area contributed by atoms with Crippen LogP contribution in [0.2, 0.25) is 0 Å². The number of nitrogens with one attached hydrogen (secondary N) is 1. The minimum Gasteiger partial charge on any atom is -0.377 e. The van der Waals surface area contributed by atoms with E-state index >= 15 is 0 Å². The Morgan fingerprint density at radius 1 is 0.970 bits per heavy atom. The van der Waals surface area contributed by atoms with Crippen molar-refractivity contribution in [2.45, 2.75) is 32.9 Å². The summed E-state index contributed by atoms with van der Waals surface area (Å²) in [5.41, 5.74) is 3.75. The number of amides is 2. The van der Waals surface area contributed by atoms with Crippen LogP contribution in [0.15, 0.2) is 72.8 Å². The molecule has 0 radical (unpaired) electrons. The molecule has 6 heteroatoms. The monoisotopic (exact) mass is 447 g/mol. The maximum atomic E-state index is 13.9. The molecule has 1 N–H and O–H groups in total. The van der Waals surface area contributed by atoms with Crippen LogP contribution in [0, 0.1) is 5.82 Å². The molecule has 0 saturated carbocycles. The van der Waals surface area contributed by atoms with Crippen LogP contribution in [0.4, 0.5) is 15.8 Å². The number of anilines is 2. The summed E-state index contributed by atoms with van der Waals surface area (Å²) in [6, 6.07) is 20.9. The maximum absolute atomic E-state index is 13.9. The molecule has 33 heavy (non-hydrogen) atoms. The topological polar surface area (TPSA) is 52.7 Å². The van der Waals surface area contributed by atoms with E-state index < -0.39 is 5.82 Å². The molecule has 0 saturated heterocycles. The van der Waals surface area contributed by atoms with Gasteiger partial charge >= 0.3 is 0 Å². The third-order valence-corrected chi connectivity index (χ3v) is 5.59. The van der Waals surface area contributed by atoms with Crippen LogP contribution in [0.1, 0.15) is 47.8 Å². The number of rotatable bonds is 8. The first-order chi connectivity index (χ1) is 15.8. The van der Waals surface area contributed by atoms with Gasteiger partial charge in [0.2, 0.25) is 5.91 Å². The Labute approximate surface area is 194 Å². The number of halogens is 1. The summed E-state index contributed by atoms with van der Waals surface area (Å²) in [6.45, 7) is 4.05. The average Bonchev–Trinajstić information content (AvgIpc) is 2.82. The van der Waals surface area contributed by atoms with Gasteiger partial charge in [0.25, 0.3) is 5.91 Å². The quantitative estimate of drug-likeness (QED) is 0.486. The van der Waals surface area contributed by atoms with Crippen molar-refractivity contribution in [3.05, 3.63) is 95.3 Å². The highest BCUT2D eigenvalue weighted by Gasteiger charge is 2.25. The second-order valence-electron chi connectivity index (χ2n) is 8.17. The Hall–Kier alpha value is -3.67. The van der Waals surface area contributed by atoms with E-state index in [1.54, 1.807) is 24.0 Å². The lowest BCUT2D eigenvalue weighted by molar-refractivity contribution is -0.115. The number of hydrogen-bond acceptors (Lipinski definition) is 3. The van der Waals surface area contributed by atoms with Crippen molar-refractivity contribution in [3.63, 3.8) is 0 Å². The highest BCUT2D eigenvalue weighted by atomic mass is 19.1. The fraction of sp³-hybridized carbons (Fsp3) is 0.259. The zero-order valence-corrected chi connectivity index (χ0v) is 19.5. The Morgan fingerprint density at radius 3 is 2.33 bits per heavy atom. The smallest absolute Gasteiger partial charge is 0.254 e. The van der Waals surface area contributed by atoms with Crippen molar-refractivity contribution < 1.29 is 14.0 Å². The molecular weight excluding hydrogens is 417 g/mol. The molecule has 0 fully saturated rings. The molecule has 172 valence electrons. The maximum Gasteiger partial charge on any atom is 0.254 e. The third-order valence-electron chi connectivity index (χ3n) is 5.59. The summed E-state index contributed by atoms with van der Waals surface area (Å²) in [5, 5.41) is 2.89. The first-order valence-electron chi connectivity index (χ1n) is 11.0. The molecule has 0 aliphatic rings. The van der Waals surface area contributed by atoms with E-state index in [2.05, 4.69) is 5.32 Å². The lowest BCUT2D eigenvalue weighted by Crippen LogP contribution is -2.34. The molecule has 0 aliphatic carbocycles. The van der Waals surface area contributed by atoms with Gasteiger partial charge in [0.15, 0.2) is 0 Å². The predicted octanol–water partition coefficient (Wildman–Crippen LogP) is 5.64. The van der Waals surface area contributed by atoms with Crippen molar-refractivity contribution in [1.82, 2.24) is 4.90 Å². The van der Waals surface area contributed by atoms with E-state index in [1.807, 2.05) is 74.4 Å². The molecular formula is C27H30FN3O2. The van der Waals surface area contributed by atoms with Crippen molar-refractivity contribution in [1.29, 1.82) is 0 Å². The summed E-state index contributed by atoms with van der Waals surface area (Å²) >= 11 is 0. The van der Waals surface area contributed by atoms with Gasteiger partial charge in [0.05, 0.1) is 6.04 Å². The second-order valence-corrected chi connectivity index (χ2v) is 8.17. The normalized spacial score (nSPS) is 11.5. The molecule has 0 heterocycles. The minimum absolute atomic E-state index is 0.0797. The van der Waals surface area contributed by atoms with Gasteiger partial charge < -0.3 is 15.1 Å². The fourth-order valence-electron chi connectivity index (χ4n) is 3.74. The largest absolute Gasteiger partial charge is 0.377 e. The van der Waals surface area contributed by atoms with Crippen LogP contribution < -0.4 is 10.2 Å². The van der Waals surface area contributed by atoms with E-state index in [1.165, 1.54) is 12.1 Å². The zero-order chi connectivity index (χ0) is 24.0. The van der Waals surface area contributed by atoms with Gasteiger partial charge in [-0.05, 0) is 54.4 Å². The number of benzene rings is 3. The number of carbonyl (C=O) groups is 2. The molecule has 3 aromatic carbocycles. The predicted molar refractivity (Wildman–Crippen MR) is 131 cm³/mol. The molecule has 3 aromatic rings. The number of hydrogen-bond donors (Lipinski definition) is 1. The Balaban J connectivity index is 2.04. The van der Waals surface area contributed by atoms with E-state index in [9.17, 15) is 14.0 Å². The first-order valence-corrected chi connectivity index (χ1v) is 11.0. The number of nitrogens with zero attached hydrogens (tertiary/aromatic N) is 2. The van der Waals surface area contributed by atoms with E-state index in [-0.39, 0.29) is 24.4 Å². The van der Waals surface area contributed by atoms with Crippen LogP contribution in [0.5, 0.6) is 0 Å². The first kappa shape index (κ1) is 24.0. The number of carbonyl (C=O) groups excluding carboxylic acids is 2. The van der Waals surface area contributed by atoms with Crippen molar-refractivity contribution in [2.24, 2.45) is 0 Å². The van der Waals surface area contributed by atoms with Crippen molar-refractivity contribution in [2.75, 3.05) is 24.3 Å². The molecule has 0 spiro atoms. The Bertz CT molecular complexity index is 1120. The van der Waals surface area contributed by atoms with Crippen molar-refractivity contribution in [3.8, 4) is 0 Å². The van der Waals surface area contributed by atoms with Gasteiger partial charge in [-0.15, -0.1) is 0 Å². The van der Waals surface area contributed by atoms with Crippen LogP contribution >= 0.6 is 0 Å². The second kappa shape index (κ2) is 10.8. The summed E-state index contributed by atoms with van der Waals surface area (Å²) in [5.74, 6) is -0.797. The highest BCUT2D eigenvalue weighted by molar-refractivity contribution is 5.95. The Morgan fingerprint density at radius 2 is 1.70 bits per heavy atom. The molecule has 2 amide bonds. The van der Waals surface area contributed by atoms with Crippen LogP contribution in [-0.4, -0.2) is 30.8 Å². The fourth-order valence-corrected chi connectivity index (χ4v) is 3.74. The molecule has 1 atom stereocenters. The molecule has 5 nitrogen and oxygen atoms in total. The van der Waals surface area contributed by atoms with Gasteiger partial charge in [0.1, 0.15) is 5.82 Å². The van der Waals surface area contributed by atoms with Gasteiger partial charge in [0, 0.05) is 44.0 Å². The molecule has 0 unspecified atom stereocenters. The highest BCUT2D eigenvalue weighted by Crippen LogP contribution is 2.30. The third kappa shape index (κ3) is 5.98.